The molecule has 1 aromatic carbocycles. The van der Waals surface area contributed by atoms with Gasteiger partial charge in [-0.25, -0.2) is 0 Å². The molecule has 1 aliphatic rings. The first kappa shape index (κ1) is 15.9. The van der Waals surface area contributed by atoms with Gasteiger partial charge in [0.15, 0.2) is 0 Å². The van der Waals surface area contributed by atoms with Crippen molar-refractivity contribution in [3.05, 3.63) is 30.3 Å². The number of hydrogen-bond donors (Lipinski definition) is 1. The zero-order chi connectivity index (χ0) is 16.3. The quantitative estimate of drug-likeness (QED) is 0.905. The van der Waals surface area contributed by atoms with Crippen LogP contribution >= 0.6 is 0 Å². The van der Waals surface area contributed by atoms with E-state index in [-0.39, 0.29) is 0 Å². The van der Waals surface area contributed by atoms with Gasteiger partial charge in [0, 0.05) is 19.6 Å². The van der Waals surface area contributed by atoms with E-state index in [4.69, 9.17) is 0 Å². The molecular weight excluding hydrogens is 292 g/mol. The number of nitrogens with zero attached hydrogens (tertiary/aromatic N) is 6. The fourth-order valence-corrected chi connectivity index (χ4v) is 3.24. The molecule has 1 N–H and O–H groups in total. The van der Waals surface area contributed by atoms with Gasteiger partial charge in [0.25, 0.3) is 0 Å². The maximum atomic E-state index is 10.8. The van der Waals surface area contributed by atoms with Crippen LogP contribution in [0.4, 0.5) is 5.95 Å². The van der Waals surface area contributed by atoms with E-state index in [0.717, 1.165) is 37.6 Å². The molecule has 2 aromatic rings. The van der Waals surface area contributed by atoms with Crippen LogP contribution < -0.4 is 4.90 Å². The van der Waals surface area contributed by atoms with Gasteiger partial charge < -0.3 is 14.9 Å². The summed E-state index contributed by atoms with van der Waals surface area (Å²) in [5.41, 5.74) is 0.309. The second kappa shape index (κ2) is 6.64. The van der Waals surface area contributed by atoms with E-state index in [1.165, 1.54) is 0 Å². The van der Waals surface area contributed by atoms with Crippen molar-refractivity contribution in [1.29, 1.82) is 0 Å². The summed E-state index contributed by atoms with van der Waals surface area (Å²) in [6.07, 6.45) is 2.44. The van der Waals surface area contributed by atoms with Gasteiger partial charge >= 0.3 is 0 Å². The van der Waals surface area contributed by atoms with Gasteiger partial charge in [-0.05, 0) is 55.9 Å². The van der Waals surface area contributed by atoms with Crippen LogP contribution in [0.25, 0.3) is 5.69 Å². The Kier molecular flexibility index (Phi) is 4.58. The molecule has 1 fully saturated rings. The molecule has 0 aliphatic carbocycles. The summed E-state index contributed by atoms with van der Waals surface area (Å²) in [6.45, 7) is 2.28. The fourth-order valence-electron chi connectivity index (χ4n) is 3.24. The number of aliphatic hydroxyl groups is 1. The number of likely N-dealkylation sites (N-methyl/N-ethyl adjacent to an activating group) is 1. The molecule has 7 heteroatoms. The van der Waals surface area contributed by atoms with Crippen molar-refractivity contribution in [3.63, 3.8) is 0 Å². The van der Waals surface area contributed by atoms with Crippen LogP contribution in [0, 0.1) is 0 Å². The molecule has 1 atom stereocenters. The average Bonchev–Trinajstić information content (AvgIpc) is 2.92. The number of anilines is 1. The highest BCUT2D eigenvalue weighted by atomic mass is 16.3. The van der Waals surface area contributed by atoms with E-state index in [2.05, 4.69) is 20.4 Å². The Balaban J connectivity index is 1.78. The van der Waals surface area contributed by atoms with Crippen molar-refractivity contribution in [2.45, 2.75) is 24.9 Å². The molecule has 1 unspecified atom stereocenters. The Labute approximate surface area is 136 Å². The van der Waals surface area contributed by atoms with Crippen molar-refractivity contribution >= 4 is 5.95 Å². The van der Waals surface area contributed by atoms with Crippen LogP contribution in [0.3, 0.4) is 0 Å². The first-order valence-corrected chi connectivity index (χ1v) is 8.03. The summed E-state index contributed by atoms with van der Waals surface area (Å²) in [7, 11) is 3.99. The molecule has 7 nitrogen and oxygen atoms in total. The highest BCUT2D eigenvalue weighted by Gasteiger charge is 2.32. The minimum Gasteiger partial charge on any atom is -0.388 e. The standard InChI is InChI=1S/C16H24N6O/c1-20(2)13-16(23)9-6-11-21(12-10-16)15-17-18-19-22(15)14-7-4-3-5-8-14/h3-5,7-8,23H,6,9-13H2,1-2H3. The molecule has 23 heavy (non-hydrogen) atoms. The highest BCUT2D eigenvalue weighted by Crippen LogP contribution is 2.26. The second-order valence-electron chi connectivity index (χ2n) is 6.53. The monoisotopic (exact) mass is 316 g/mol. The van der Waals surface area contributed by atoms with Crippen LogP contribution in [-0.4, -0.2) is 69.5 Å². The first-order chi connectivity index (χ1) is 11.1. The highest BCUT2D eigenvalue weighted by molar-refractivity contribution is 5.40. The third-order valence-corrected chi connectivity index (χ3v) is 4.26. The molecule has 0 saturated carbocycles. The number of hydrogen-bond acceptors (Lipinski definition) is 6. The Morgan fingerprint density at radius 1 is 1.17 bits per heavy atom. The summed E-state index contributed by atoms with van der Waals surface area (Å²) in [4.78, 5) is 4.21. The van der Waals surface area contributed by atoms with Crippen molar-refractivity contribution in [2.24, 2.45) is 0 Å². The molecule has 2 heterocycles. The van der Waals surface area contributed by atoms with Gasteiger partial charge in [0.05, 0.1) is 11.3 Å². The van der Waals surface area contributed by atoms with Crippen molar-refractivity contribution < 1.29 is 5.11 Å². The van der Waals surface area contributed by atoms with Gasteiger partial charge in [0.2, 0.25) is 5.95 Å². The predicted molar refractivity (Wildman–Crippen MR) is 88.7 cm³/mol. The minimum atomic E-state index is -0.636. The van der Waals surface area contributed by atoms with Crippen molar-refractivity contribution in [2.75, 3.05) is 38.6 Å². The minimum absolute atomic E-state index is 0.636. The molecule has 124 valence electrons. The SMILES string of the molecule is CN(C)CC1(O)CCCN(c2nnnn2-c2ccccc2)CC1. The third kappa shape index (κ3) is 3.68. The summed E-state index contributed by atoms with van der Waals surface area (Å²) >= 11 is 0. The number of rotatable bonds is 4. The van der Waals surface area contributed by atoms with Crippen LogP contribution in [0.2, 0.25) is 0 Å². The van der Waals surface area contributed by atoms with E-state index < -0.39 is 5.60 Å². The van der Waals surface area contributed by atoms with Gasteiger partial charge in [-0.1, -0.05) is 23.3 Å². The molecule has 0 spiro atoms. The smallest absolute Gasteiger partial charge is 0.250 e. The van der Waals surface area contributed by atoms with Crippen LogP contribution in [0.1, 0.15) is 19.3 Å². The average molecular weight is 316 g/mol. The molecule has 1 aliphatic heterocycles. The lowest BCUT2D eigenvalue weighted by Crippen LogP contribution is -2.41. The van der Waals surface area contributed by atoms with Crippen molar-refractivity contribution in [3.8, 4) is 5.69 Å². The van der Waals surface area contributed by atoms with E-state index in [0.29, 0.717) is 13.0 Å². The zero-order valence-corrected chi connectivity index (χ0v) is 13.8. The van der Waals surface area contributed by atoms with Gasteiger partial charge in [-0.3, -0.25) is 0 Å². The van der Waals surface area contributed by atoms with Gasteiger partial charge in [0.1, 0.15) is 0 Å². The molecular formula is C16H24N6O. The summed E-state index contributed by atoms with van der Waals surface area (Å²) in [6, 6.07) is 9.89. The fraction of sp³-hybridized carbons (Fsp3) is 0.562. The van der Waals surface area contributed by atoms with Crippen LogP contribution in [0.5, 0.6) is 0 Å². The molecule has 3 rings (SSSR count). The summed E-state index contributed by atoms with van der Waals surface area (Å²) < 4.78 is 1.76. The Hall–Kier alpha value is -1.99. The van der Waals surface area contributed by atoms with Crippen LogP contribution in [0.15, 0.2) is 30.3 Å². The normalized spacial score (nSPS) is 22.3. The Morgan fingerprint density at radius 2 is 1.96 bits per heavy atom. The maximum absolute atomic E-state index is 10.8. The molecule has 0 radical (unpaired) electrons. The molecule has 1 saturated heterocycles. The lowest BCUT2D eigenvalue weighted by molar-refractivity contribution is 0.00536. The van der Waals surface area contributed by atoms with Gasteiger partial charge in [-0.2, -0.15) is 4.68 Å². The van der Waals surface area contributed by atoms with E-state index in [1.807, 2.05) is 49.3 Å². The van der Waals surface area contributed by atoms with Crippen LogP contribution in [-0.2, 0) is 0 Å². The lowest BCUT2D eigenvalue weighted by atomic mass is 9.94. The molecule has 0 amide bonds. The lowest BCUT2D eigenvalue weighted by Gasteiger charge is -2.29. The number of para-hydroxylation sites is 1. The second-order valence-corrected chi connectivity index (χ2v) is 6.53. The summed E-state index contributed by atoms with van der Waals surface area (Å²) in [5, 5.41) is 23.0. The largest absolute Gasteiger partial charge is 0.388 e. The van der Waals surface area contributed by atoms with E-state index in [9.17, 15) is 5.11 Å². The topological polar surface area (TPSA) is 70.3 Å². The van der Waals surface area contributed by atoms with E-state index >= 15 is 0 Å². The number of aromatic nitrogens is 4. The van der Waals surface area contributed by atoms with Crippen molar-refractivity contribution in [1.82, 2.24) is 25.1 Å². The zero-order valence-electron chi connectivity index (χ0n) is 13.8. The van der Waals surface area contributed by atoms with Gasteiger partial charge in [-0.15, -0.1) is 0 Å². The Bertz CT molecular complexity index is 629. The number of tetrazole rings is 1. The third-order valence-electron chi connectivity index (χ3n) is 4.26. The maximum Gasteiger partial charge on any atom is 0.250 e. The van der Waals surface area contributed by atoms with E-state index in [1.54, 1.807) is 4.68 Å². The molecule has 1 aromatic heterocycles. The molecule has 0 bridgehead atoms. The number of benzene rings is 1. The summed E-state index contributed by atoms with van der Waals surface area (Å²) in [5.74, 6) is 0.741. The predicted octanol–water partition coefficient (Wildman–Crippen LogP) is 0.945. The Morgan fingerprint density at radius 3 is 2.70 bits per heavy atom. The first-order valence-electron chi connectivity index (χ1n) is 8.03.